The lowest BCUT2D eigenvalue weighted by Crippen LogP contribution is -2.32. The molecule has 0 bridgehead atoms. The van der Waals surface area contributed by atoms with Gasteiger partial charge in [0.1, 0.15) is 0 Å². The number of anilines is 2. The van der Waals surface area contributed by atoms with E-state index in [-0.39, 0.29) is 17.2 Å². The zero-order valence-corrected chi connectivity index (χ0v) is 15.6. The Morgan fingerprint density at radius 2 is 1.96 bits per heavy atom. The van der Waals surface area contributed by atoms with Gasteiger partial charge in [-0.1, -0.05) is 26.0 Å². The molecule has 1 aliphatic rings. The fourth-order valence-electron chi connectivity index (χ4n) is 3.18. The standard InChI is InChI=1S/C21H21N3O4/c1-21(2)12-19(26)23-17-8-7-14(11-16(17)21)20(27)22-15-5-3-4-13(10-15)6-9-18(25)24-28/h3-11,28H,12H2,1-2H3,(H,22,27)(H,23,26)(H,24,25)/b9-6+. The van der Waals surface area contributed by atoms with Crippen LogP contribution in [0.3, 0.4) is 0 Å². The van der Waals surface area contributed by atoms with E-state index in [9.17, 15) is 14.4 Å². The van der Waals surface area contributed by atoms with Gasteiger partial charge in [0.2, 0.25) is 5.91 Å². The Hall–Kier alpha value is -3.45. The maximum absolute atomic E-state index is 12.7. The smallest absolute Gasteiger partial charge is 0.267 e. The van der Waals surface area contributed by atoms with E-state index in [0.717, 1.165) is 11.3 Å². The summed E-state index contributed by atoms with van der Waals surface area (Å²) in [7, 11) is 0. The van der Waals surface area contributed by atoms with Gasteiger partial charge >= 0.3 is 0 Å². The molecule has 2 aromatic carbocycles. The number of hydrogen-bond acceptors (Lipinski definition) is 4. The number of nitrogens with one attached hydrogen (secondary N) is 3. The van der Waals surface area contributed by atoms with Gasteiger partial charge in [-0.15, -0.1) is 0 Å². The SMILES string of the molecule is CC1(C)CC(=O)Nc2ccc(C(=O)Nc3cccc(/C=C/C(=O)NO)c3)cc21. The van der Waals surface area contributed by atoms with E-state index < -0.39 is 5.91 Å². The van der Waals surface area contributed by atoms with E-state index in [1.54, 1.807) is 42.5 Å². The first-order valence-electron chi connectivity index (χ1n) is 8.76. The summed E-state index contributed by atoms with van der Waals surface area (Å²) in [6.07, 6.45) is 3.06. The monoisotopic (exact) mass is 379 g/mol. The minimum Gasteiger partial charge on any atom is -0.326 e. The minimum atomic E-state index is -0.641. The Bertz CT molecular complexity index is 979. The second-order valence-electron chi connectivity index (χ2n) is 7.26. The zero-order chi connectivity index (χ0) is 20.3. The Kier molecular flexibility index (Phi) is 5.28. The summed E-state index contributed by atoms with van der Waals surface area (Å²) >= 11 is 0. The van der Waals surface area contributed by atoms with E-state index in [1.807, 2.05) is 13.8 Å². The van der Waals surface area contributed by atoms with Crippen molar-refractivity contribution in [1.29, 1.82) is 0 Å². The molecule has 7 nitrogen and oxygen atoms in total. The molecule has 0 atom stereocenters. The first-order valence-corrected chi connectivity index (χ1v) is 8.76. The summed E-state index contributed by atoms with van der Waals surface area (Å²) in [4.78, 5) is 35.6. The van der Waals surface area contributed by atoms with Crippen LogP contribution in [0.15, 0.2) is 48.5 Å². The predicted octanol–water partition coefficient (Wildman–Crippen LogP) is 3.08. The van der Waals surface area contributed by atoms with Crippen molar-refractivity contribution < 1.29 is 19.6 Å². The van der Waals surface area contributed by atoms with Crippen LogP contribution in [0.2, 0.25) is 0 Å². The summed E-state index contributed by atoms with van der Waals surface area (Å²) in [6.45, 7) is 3.95. The van der Waals surface area contributed by atoms with E-state index in [0.29, 0.717) is 23.2 Å². The molecule has 3 rings (SSSR count). The van der Waals surface area contributed by atoms with Crippen LogP contribution in [0.1, 0.15) is 41.8 Å². The van der Waals surface area contributed by atoms with E-state index in [1.165, 1.54) is 17.6 Å². The second-order valence-corrected chi connectivity index (χ2v) is 7.26. The van der Waals surface area contributed by atoms with Crippen LogP contribution in [-0.4, -0.2) is 22.9 Å². The van der Waals surface area contributed by atoms with Gasteiger partial charge in [-0.05, 0) is 47.5 Å². The molecular formula is C21H21N3O4. The third-order valence-corrected chi connectivity index (χ3v) is 4.57. The first kappa shape index (κ1) is 19.3. The number of carbonyl (C=O) groups is 3. The van der Waals surface area contributed by atoms with Gasteiger partial charge < -0.3 is 10.6 Å². The predicted molar refractivity (Wildman–Crippen MR) is 106 cm³/mol. The molecule has 2 aromatic rings. The van der Waals surface area contributed by atoms with Gasteiger partial charge in [0, 0.05) is 34.9 Å². The lowest BCUT2D eigenvalue weighted by atomic mass is 9.77. The van der Waals surface area contributed by atoms with Gasteiger partial charge in [0.25, 0.3) is 11.8 Å². The molecule has 1 aliphatic heterocycles. The molecule has 0 spiro atoms. The van der Waals surface area contributed by atoms with E-state index in [2.05, 4.69) is 10.6 Å². The number of hydrogen-bond donors (Lipinski definition) is 4. The third-order valence-electron chi connectivity index (χ3n) is 4.57. The van der Waals surface area contributed by atoms with Crippen molar-refractivity contribution in [2.24, 2.45) is 0 Å². The molecular weight excluding hydrogens is 358 g/mol. The highest BCUT2D eigenvalue weighted by Crippen LogP contribution is 2.37. The summed E-state index contributed by atoms with van der Waals surface area (Å²) in [6, 6.07) is 12.2. The van der Waals surface area contributed by atoms with Crippen LogP contribution in [-0.2, 0) is 15.0 Å². The zero-order valence-electron chi connectivity index (χ0n) is 15.6. The van der Waals surface area contributed by atoms with E-state index in [4.69, 9.17) is 5.21 Å². The normalized spacial score (nSPS) is 14.9. The summed E-state index contributed by atoms with van der Waals surface area (Å²) in [5, 5.41) is 14.2. The Morgan fingerprint density at radius 1 is 1.18 bits per heavy atom. The molecule has 28 heavy (non-hydrogen) atoms. The molecule has 1 heterocycles. The van der Waals surface area contributed by atoms with Crippen LogP contribution in [0.4, 0.5) is 11.4 Å². The molecule has 7 heteroatoms. The van der Waals surface area contributed by atoms with Crippen LogP contribution in [0, 0.1) is 0 Å². The van der Waals surface area contributed by atoms with Gasteiger partial charge in [0.15, 0.2) is 0 Å². The molecule has 0 aromatic heterocycles. The van der Waals surface area contributed by atoms with Crippen molar-refractivity contribution >= 4 is 35.2 Å². The number of amides is 3. The summed E-state index contributed by atoms with van der Waals surface area (Å²) in [5.41, 5.74) is 4.56. The average Bonchev–Trinajstić information content (AvgIpc) is 2.65. The van der Waals surface area contributed by atoms with Gasteiger partial charge in [-0.25, -0.2) is 5.48 Å². The van der Waals surface area contributed by atoms with Crippen molar-refractivity contribution in [2.45, 2.75) is 25.7 Å². The molecule has 0 saturated carbocycles. The van der Waals surface area contributed by atoms with Crippen molar-refractivity contribution in [3.05, 3.63) is 65.2 Å². The van der Waals surface area contributed by atoms with Gasteiger partial charge in [-0.3, -0.25) is 19.6 Å². The van der Waals surface area contributed by atoms with Crippen molar-refractivity contribution in [1.82, 2.24) is 5.48 Å². The van der Waals surface area contributed by atoms with Gasteiger partial charge in [-0.2, -0.15) is 0 Å². The fourth-order valence-corrected chi connectivity index (χ4v) is 3.18. The Balaban J connectivity index is 1.80. The maximum Gasteiger partial charge on any atom is 0.267 e. The fraction of sp³-hybridized carbons (Fsp3) is 0.190. The van der Waals surface area contributed by atoms with Crippen LogP contribution < -0.4 is 16.1 Å². The van der Waals surface area contributed by atoms with Crippen LogP contribution in [0.25, 0.3) is 6.08 Å². The number of hydroxylamine groups is 1. The van der Waals surface area contributed by atoms with Crippen molar-refractivity contribution in [2.75, 3.05) is 10.6 Å². The Morgan fingerprint density at radius 3 is 2.71 bits per heavy atom. The topological polar surface area (TPSA) is 108 Å². The number of carbonyl (C=O) groups excluding carboxylic acids is 3. The molecule has 0 saturated heterocycles. The quantitative estimate of drug-likeness (QED) is 0.372. The van der Waals surface area contributed by atoms with Crippen LogP contribution >= 0.6 is 0 Å². The van der Waals surface area contributed by atoms with Crippen molar-refractivity contribution in [3.63, 3.8) is 0 Å². The largest absolute Gasteiger partial charge is 0.326 e. The van der Waals surface area contributed by atoms with E-state index >= 15 is 0 Å². The molecule has 0 fully saturated rings. The molecule has 0 unspecified atom stereocenters. The van der Waals surface area contributed by atoms with Crippen molar-refractivity contribution in [3.8, 4) is 0 Å². The highest BCUT2D eigenvalue weighted by Gasteiger charge is 2.32. The minimum absolute atomic E-state index is 0.0329. The number of benzene rings is 2. The molecule has 4 N–H and O–H groups in total. The lowest BCUT2D eigenvalue weighted by molar-refractivity contribution is -0.124. The maximum atomic E-state index is 12.7. The van der Waals surface area contributed by atoms with Crippen LogP contribution in [0.5, 0.6) is 0 Å². The highest BCUT2D eigenvalue weighted by molar-refractivity contribution is 6.05. The molecule has 0 radical (unpaired) electrons. The lowest BCUT2D eigenvalue weighted by Gasteiger charge is -2.32. The summed E-state index contributed by atoms with van der Waals surface area (Å²) in [5.74, 6) is -0.947. The third kappa shape index (κ3) is 4.27. The number of fused-ring (bicyclic) bond motifs is 1. The highest BCUT2D eigenvalue weighted by atomic mass is 16.5. The Labute approximate surface area is 162 Å². The average molecular weight is 379 g/mol. The number of rotatable bonds is 4. The molecule has 144 valence electrons. The molecule has 3 amide bonds. The molecule has 0 aliphatic carbocycles. The summed E-state index contributed by atoms with van der Waals surface area (Å²) < 4.78 is 0. The van der Waals surface area contributed by atoms with Gasteiger partial charge in [0.05, 0.1) is 0 Å². The first-order chi connectivity index (χ1) is 13.3. The second kappa shape index (κ2) is 7.66.